The van der Waals surface area contributed by atoms with Gasteiger partial charge in [-0.1, -0.05) is 30.3 Å². The molecule has 0 fully saturated rings. The lowest BCUT2D eigenvalue weighted by Crippen LogP contribution is -1.91. The van der Waals surface area contributed by atoms with Gasteiger partial charge in [0.05, 0.1) is 5.69 Å². The van der Waals surface area contributed by atoms with E-state index in [0.717, 1.165) is 22.6 Å². The molecular weight excluding hydrogens is 172 g/mol. The van der Waals surface area contributed by atoms with Gasteiger partial charge in [-0.3, -0.25) is 4.98 Å². The lowest BCUT2D eigenvalue weighted by Gasteiger charge is -2.03. The molecule has 1 aromatic carbocycles. The molecule has 1 heterocycles. The number of aromatic nitrogens is 1. The second-order valence-corrected chi connectivity index (χ2v) is 3.29. The van der Waals surface area contributed by atoms with E-state index in [9.17, 15) is 0 Å². The molecule has 2 nitrogen and oxygen atoms in total. The number of anilines is 1. The minimum atomic E-state index is 0.761. The molecule has 0 bridgehead atoms. The van der Waals surface area contributed by atoms with Gasteiger partial charge in [-0.15, -0.1) is 0 Å². The average molecular weight is 184 g/mol. The van der Waals surface area contributed by atoms with Crippen molar-refractivity contribution in [3.05, 3.63) is 48.2 Å². The third-order valence-electron chi connectivity index (χ3n) is 2.05. The number of aryl methyl sites for hydroxylation is 1. The predicted octanol–water partition coefficient (Wildman–Crippen LogP) is 2.64. The summed E-state index contributed by atoms with van der Waals surface area (Å²) >= 11 is 0. The normalized spacial score (nSPS) is 10.1. The Morgan fingerprint density at radius 2 is 1.79 bits per heavy atom. The molecule has 0 unspecified atom stereocenters. The van der Waals surface area contributed by atoms with Gasteiger partial charge >= 0.3 is 0 Å². The van der Waals surface area contributed by atoms with Crippen LogP contribution in [0.3, 0.4) is 0 Å². The monoisotopic (exact) mass is 184 g/mol. The van der Waals surface area contributed by atoms with Crippen LogP contribution in [0.15, 0.2) is 42.5 Å². The van der Waals surface area contributed by atoms with Crippen LogP contribution in [0, 0.1) is 6.92 Å². The summed E-state index contributed by atoms with van der Waals surface area (Å²) in [6.45, 7) is 1.95. The van der Waals surface area contributed by atoms with Crippen LogP contribution in [-0.4, -0.2) is 4.98 Å². The molecule has 0 saturated heterocycles. The fourth-order valence-corrected chi connectivity index (χ4v) is 1.45. The first kappa shape index (κ1) is 8.75. The molecule has 0 spiro atoms. The Bertz CT molecular complexity index is 415. The minimum absolute atomic E-state index is 0.761. The predicted molar refractivity (Wildman–Crippen MR) is 58.8 cm³/mol. The molecule has 2 N–H and O–H groups in total. The van der Waals surface area contributed by atoms with E-state index in [2.05, 4.69) is 4.98 Å². The van der Waals surface area contributed by atoms with Crippen LogP contribution in [0.25, 0.3) is 11.3 Å². The highest BCUT2D eigenvalue weighted by atomic mass is 14.7. The smallest absolute Gasteiger partial charge is 0.0725 e. The van der Waals surface area contributed by atoms with Crippen molar-refractivity contribution in [2.45, 2.75) is 6.92 Å². The van der Waals surface area contributed by atoms with E-state index in [1.54, 1.807) is 0 Å². The van der Waals surface area contributed by atoms with Crippen LogP contribution in [-0.2, 0) is 0 Å². The quantitative estimate of drug-likeness (QED) is 0.740. The Morgan fingerprint density at radius 1 is 1.07 bits per heavy atom. The number of pyridine rings is 1. The third-order valence-corrected chi connectivity index (χ3v) is 2.05. The lowest BCUT2D eigenvalue weighted by atomic mass is 10.1. The maximum absolute atomic E-state index is 5.76. The Balaban J connectivity index is 2.52. The molecule has 0 aliphatic carbocycles. The van der Waals surface area contributed by atoms with Crippen LogP contribution in [0.1, 0.15) is 5.69 Å². The van der Waals surface area contributed by atoms with E-state index in [-0.39, 0.29) is 0 Å². The molecule has 2 heteroatoms. The number of nitrogen functional groups attached to an aromatic ring is 1. The fraction of sp³-hybridized carbons (Fsp3) is 0.0833. The van der Waals surface area contributed by atoms with E-state index in [1.165, 1.54) is 0 Å². The Labute approximate surface area is 83.4 Å². The van der Waals surface area contributed by atoms with Gasteiger partial charge in [0.1, 0.15) is 0 Å². The summed E-state index contributed by atoms with van der Waals surface area (Å²) in [4.78, 5) is 4.42. The summed E-state index contributed by atoms with van der Waals surface area (Å²) in [6.07, 6.45) is 0. The molecule has 0 aliphatic rings. The fourth-order valence-electron chi connectivity index (χ4n) is 1.45. The maximum atomic E-state index is 5.76. The molecule has 2 rings (SSSR count). The highest BCUT2D eigenvalue weighted by Crippen LogP contribution is 2.19. The SMILES string of the molecule is Cc1cc(N)cc(-c2ccccc2)n1. The zero-order valence-electron chi connectivity index (χ0n) is 8.07. The van der Waals surface area contributed by atoms with E-state index < -0.39 is 0 Å². The zero-order chi connectivity index (χ0) is 9.97. The zero-order valence-corrected chi connectivity index (χ0v) is 8.07. The van der Waals surface area contributed by atoms with Crippen molar-refractivity contribution < 1.29 is 0 Å². The maximum Gasteiger partial charge on any atom is 0.0725 e. The number of hydrogen-bond donors (Lipinski definition) is 1. The lowest BCUT2D eigenvalue weighted by molar-refractivity contribution is 1.21. The van der Waals surface area contributed by atoms with E-state index in [4.69, 9.17) is 5.73 Å². The Morgan fingerprint density at radius 3 is 2.43 bits per heavy atom. The molecule has 0 saturated carbocycles. The van der Waals surface area contributed by atoms with E-state index in [1.807, 2.05) is 49.4 Å². The molecule has 0 amide bonds. The summed E-state index contributed by atoms with van der Waals surface area (Å²) in [5.41, 5.74) is 9.50. The van der Waals surface area contributed by atoms with Crippen molar-refractivity contribution in [3.63, 3.8) is 0 Å². The van der Waals surface area contributed by atoms with Crippen LogP contribution in [0.5, 0.6) is 0 Å². The van der Waals surface area contributed by atoms with Crippen molar-refractivity contribution >= 4 is 5.69 Å². The van der Waals surface area contributed by atoms with Crippen molar-refractivity contribution in [1.82, 2.24) is 4.98 Å². The Hall–Kier alpha value is -1.83. The number of rotatable bonds is 1. The summed E-state index contributed by atoms with van der Waals surface area (Å²) in [6, 6.07) is 13.8. The summed E-state index contributed by atoms with van der Waals surface area (Å²) in [5, 5.41) is 0. The largest absolute Gasteiger partial charge is 0.399 e. The first-order chi connectivity index (χ1) is 6.75. The molecule has 0 radical (unpaired) electrons. The van der Waals surface area contributed by atoms with Crippen molar-refractivity contribution in [2.75, 3.05) is 5.73 Å². The molecule has 1 aromatic heterocycles. The van der Waals surface area contributed by atoms with Crippen LogP contribution < -0.4 is 5.73 Å². The van der Waals surface area contributed by atoms with E-state index >= 15 is 0 Å². The topological polar surface area (TPSA) is 38.9 Å². The van der Waals surface area contributed by atoms with Gasteiger partial charge in [0.2, 0.25) is 0 Å². The number of nitrogens with two attached hydrogens (primary N) is 1. The molecular formula is C12H12N2. The molecule has 0 aliphatic heterocycles. The van der Waals surface area contributed by atoms with Crippen LogP contribution >= 0.6 is 0 Å². The molecule has 70 valence electrons. The van der Waals surface area contributed by atoms with Crippen molar-refractivity contribution in [3.8, 4) is 11.3 Å². The molecule has 0 atom stereocenters. The second-order valence-electron chi connectivity index (χ2n) is 3.29. The third kappa shape index (κ3) is 1.74. The van der Waals surface area contributed by atoms with Gasteiger partial charge in [0, 0.05) is 16.9 Å². The summed E-state index contributed by atoms with van der Waals surface area (Å²) in [5.74, 6) is 0. The number of benzene rings is 1. The van der Waals surface area contributed by atoms with Gasteiger partial charge in [0.15, 0.2) is 0 Å². The summed E-state index contributed by atoms with van der Waals surface area (Å²) in [7, 11) is 0. The first-order valence-corrected chi connectivity index (χ1v) is 4.55. The van der Waals surface area contributed by atoms with Gasteiger partial charge in [-0.2, -0.15) is 0 Å². The highest BCUT2D eigenvalue weighted by molar-refractivity contribution is 5.63. The van der Waals surface area contributed by atoms with Gasteiger partial charge in [-0.05, 0) is 19.1 Å². The van der Waals surface area contributed by atoms with Gasteiger partial charge in [-0.25, -0.2) is 0 Å². The van der Waals surface area contributed by atoms with Crippen molar-refractivity contribution in [1.29, 1.82) is 0 Å². The Kier molecular flexibility index (Phi) is 2.19. The first-order valence-electron chi connectivity index (χ1n) is 4.55. The van der Waals surface area contributed by atoms with Gasteiger partial charge < -0.3 is 5.73 Å². The highest BCUT2D eigenvalue weighted by Gasteiger charge is 1.99. The van der Waals surface area contributed by atoms with Gasteiger partial charge in [0.25, 0.3) is 0 Å². The average Bonchev–Trinajstić information content (AvgIpc) is 2.18. The second kappa shape index (κ2) is 3.50. The van der Waals surface area contributed by atoms with E-state index in [0.29, 0.717) is 0 Å². The number of nitrogens with zero attached hydrogens (tertiary/aromatic N) is 1. The minimum Gasteiger partial charge on any atom is -0.399 e. The summed E-state index contributed by atoms with van der Waals surface area (Å²) < 4.78 is 0. The van der Waals surface area contributed by atoms with Crippen molar-refractivity contribution in [2.24, 2.45) is 0 Å². The molecule has 14 heavy (non-hydrogen) atoms. The number of hydrogen-bond acceptors (Lipinski definition) is 2. The molecule has 2 aromatic rings. The standard InChI is InChI=1S/C12H12N2/c1-9-7-11(13)8-12(14-9)10-5-3-2-4-6-10/h2-8H,1H3,(H2,13,14). The van der Waals surface area contributed by atoms with Crippen LogP contribution in [0.2, 0.25) is 0 Å². The van der Waals surface area contributed by atoms with Crippen LogP contribution in [0.4, 0.5) is 5.69 Å².